The number of nitrogens with zero attached hydrogens (tertiary/aromatic N) is 2. The van der Waals surface area contributed by atoms with Gasteiger partial charge < -0.3 is 10.6 Å². The van der Waals surface area contributed by atoms with Crippen molar-refractivity contribution in [3.8, 4) is 0 Å². The van der Waals surface area contributed by atoms with E-state index in [1.807, 2.05) is 59.9 Å². The van der Waals surface area contributed by atoms with Crippen LogP contribution in [-0.2, 0) is 12.8 Å². The number of rotatable bonds is 4. The molecule has 0 radical (unpaired) electrons. The van der Waals surface area contributed by atoms with E-state index in [0.717, 1.165) is 39.0 Å². The average molecular weight is 449 g/mol. The first-order valence-corrected chi connectivity index (χ1v) is 12.0. The van der Waals surface area contributed by atoms with Crippen LogP contribution in [0.1, 0.15) is 23.3 Å². The lowest BCUT2D eigenvalue weighted by Crippen LogP contribution is -2.19. The van der Waals surface area contributed by atoms with Crippen LogP contribution < -0.4 is 10.6 Å². The second-order valence-electron chi connectivity index (χ2n) is 7.11. The van der Waals surface area contributed by atoms with Gasteiger partial charge in [-0.25, -0.2) is 9.97 Å². The molecule has 1 aliphatic carbocycles. The van der Waals surface area contributed by atoms with Gasteiger partial charge in [0.25, 0.3) is 0 Å². The number of thiocarbonyl (C=S) groups is 1. The van der Waals surface area contributed by atoms with Gasteiger partial charge in [0.1, 0.15) is 16.2 Å². The molecule has 0 bridgehead atoms. The van der Waals surface area contributed by atoms with Crippen LogP contribution in [0.15, 0.2) is 70.8 Å². The fourth-order valence-electron chi connectivity index (χ4n) is 3.71. The minimum Gasteiger partial charge on any atom is -0.332 e. The van der Waals surface area contributed by atoms with Gasteiger partial charge in [0.05, 0.1) is 5.69 Å². The molecule has 0 fully saturated rings. The van der Waals surface area contributed by atoms with Crippen LogP contribution >= 0.6 is 35.3 Å². The van der Waals surface area contributed by atoms with Crippen molar-refractivity contribution in [2.75, 3.05) is 10.6 Å². The number of hydrogen-bond acceptors (Lipinski definition) is 5. The van der Waals surface area contributed by atoms with E-state index < -0.39 is 0 Å². The fourth-order valence-corrected chi connectivity index (χ4v) is 6.23. The summed E-state index contributed by atoms with van der Waals surface area (Å²) in [5.74, 6) is 0. The van der Waals surface area contributed by atoms with Gasteiger partial charge >= 0.3 is 0 Å². The Hall–Kier alpha value is -2.48. The number of thiophene rings is 1. The molecule has 5 rings (SSSR count). The largest absolute Gasteiger partial charge is 0.332 e. The highest BCUT2D eigenvalue weighted by Crippen LogP contribution is 2.42. The molecule has 4 nitrogen and oxygen atoms in total. The number of hydrogen-bond donors (Lipinski definition) is 2. The number of anilines is 2. The molecule has 1 aliphatic rings. The minimum absolute atomic E-state index is 0.565. The minimum atomic E-state index is 0.565. The number of nitrogens with one attached hydrogen (secondary N) is 2. The van der Waals surface area contributed by atoms with Gasteiger partial charge in [0.2, 0.25) is 0 Å². The summed E-state index contributed by atoms with van der Waals surface area (Å²) in [5.41, 5.74) is 3.38. The van der Waals surface area contributed by atoms with Crippen LogP contribution in [-0.4, -0.2) is 15.1 Å². The predicted octanol–water partition coefficient (Wildman–Crippen LogP) is 6.53. The third-order valence-electron chi connectivity index (χ3n) is 5.09. The Morgan fingerprint density at radius 2 is 1.73 bits per heavy atom. The third kappa shape index (κ3) is 4.05. The predicted molar refractivity (Wildman–Crippen MR) is 131 cm³/mol. The van der Waals surface area contributed by atoms with E-state index in [0.29, 0.717) is 5.11 Å². The second kappa shape index (κ2) is 8.71. The lowest BCUT2D eigenvalue weighted by molar-refractivity contribution is 0.699. The molecule has 7 heteroatoms. The lowest BCUT2D eigenvalue weighted by atomic mass is 9.97. The van der Waals surface area contributed by atoms with Crippen molar-refractivity contribution in [3.63, 3.8) is 0 Å². The summed E-state index contributed by atoms with van der Waals surface area (Å²) in [6, 6.07) is 18.1. The van der Waals surface area contributed by atoms with E-state index in [9.17, 15) is 0 Å². The number of aryl methyl sites for hydroxylation is 2. The number of benzene rings is 2. The van der Waals surface area contributed by atoms with E-state index in [4.69, 9.17) is 12.2 Å². The van der Waals surface area contributed by atoms with Gasteiger partial charge in [-0.3, -0.25) is 0 Å². The van der Waals surface area contributed by atoms with Crippen molar-refractivity contribution in [2.24, 2.45) is 0 Å². The van der Waals surface area contributed by atoms with Crippen LogP contribution in [0.3, 0.4) is 0 Å². The molecule has 0 saturated heterocycles. The molecule has 0 atom stereocenters. The van der Waals surface area contributed by atoms with Gasteiger partial charge in [0, 0.05) is 20.8 Å². The van der Waals surface area contributed by atoms with Gasteiger partial charge in [-0.2, -0.15) is 0 Å². The molecule has 2 N–H and O–H groups in total. The quantitative estimate of drug-likeness (QED) is 0.273. The maximum Gasteiger partial charge on any atom is 0.175 e. The molecule has 0 spiro atoms. The zero-order valence-electron chi connectivity index (χ0n) is 16.2. The van der Waals surface area contributed by atoms with Gasteiger partial charge in [-0.05, 0) is 67.7 Å². The van der Waals surface area contributed by atoms with Crippen LogP contribution in [0.25, 0.3) is 10.2 Å². The second-order valence-corrected chi connectivity index (χ2v) is 9.64. The van der Waals surface area contributed by atoms with E-state index in [-0.39, 0.29) is 0 Å². The average Bonchev–Trinajstić information content (AvgIpc) is 3.15. The molecule has 0 saturated carbocycles. The Labute approximate surface area is 189 Å². The molecule has 0 amide bonds. The van der Waals surface area contributed by atoms with Gasteiger partial charge in [-0.15, -0.1) is 11.3 Å². The number of para-hydroxylation sites is 2. The summed E-state index contributed by atoms with van der Waals surface area (Å²) in [6.45, 7) is 0. The van der Waals surface area contributed by atoms with E-state index in [1.165, 1.54) is 28.7 Å². The van der Waals surface area contributed by atoms with Gasteiger partial charge in [0.15, 0.2) is 5.11 Å². The highest BCUT2D eigenvalue weighted by atomic mass is 32.2. The molecule has 2 aromatic heterocycles. The molecule has 4 aromatic rings. The standard InChI is InChI=1S/C23H20N4S3/c28-23(26-15-8-2-1-3-9-15)27-17-11-5-7-13-19(17)30-22-20-16-10-4-6-12-18(16)29-21(20)24-14-25-22/h1-3,5,7-9,11,13-14H,4,6,10,12H2,(H2,26,27,28). The summed E-state index contributed by atoms with van der Waals surface area (Å²) in [4.78, 5) is 12.9. The topological polar surface area (TPSA) is 49.8 Å². The van der Waals surface area contributed by atoms with Crippen molar-refractivity contribution >= 4 is 62.0 Å². The van der Waals surface area contributed by atoms with Crippen molar-refractivity contribution in [1.82, 2.24) is 9.97 Å². The van der Waals surface area contributed by atoms with Crippen molar-refractivity contribution in [3.05, 3.63) is 71.4 Å². The Kier molecular flexibility index (Phi) is 5.66. The first-order valence-electron chi connectivity index (χ1n) is 9.93. The lowest BCUT2D eigenvalue weighted by Gasteiger charge is -2.14. The first-order chi connectivity index (χ1) is 14.8. The maximum atomic E-state index is 5.53. The molecule has 30 heavy (non-hydrogen) atoms. The van der Waals surface area contributed by atoms with Crippen LogP contribution in [0.2, 0.25) is 0 Å². The Bertz CT molecular complexity index is 1200. The zero-order chi connectivity index (χ0) is 20.3. The van der Waals surface area contributed by atoms with Crippen LogP contribution in [0.5, 0.6) is 0 Å². The Morgan fingerprint density at radius 3 is 2.63 bits per heavy atom. The van der Waals surface area contributed by atoms with Crippen molar-refractivity contribution in [1.29, 1.82) is 0 Å². The summed E-state index contributed by atoms with van der Waals surface area (Å²) < 4.78 is 0. The maximum absolute atomic E-state index is 5.53. The number of aromatic nitrogens is 2. The molecule has 150 valence electrons. The van der Waals surface area contributed by atoms with Crippen LogP contribution in [0.4, 0.5) is 11.4 Å². The number of fused-ring (bicyclic) bond motifs is 3. The third-order valence-corrected chi connectivity index (χ3v) is 7.57. The summed E-state index contributed by atoms with van der Waals surface area (Å²) in [7, 11) is 0. The fraction of sp³-hybridized carbons (Fsp3) is 0.174. The molecular formula is C23H20N4S3. The molecule has 0 unspecified atom stereocenters. The molecular weight excluding hydrogens is 428 g/mol. The first kappa shape index (κ1) is 19.5. The van der Waals surface area contributed by atoms with E-state index in [2.05, 4.69) is 26.7 Å². The van der Waals surface area contributed by atoms with Crippen LogP contribution in [0, 0.1) is 0 Å². The molecule has 2 aromatic carbocycles. The highest BCUT2D eigenvalue weighted by molar-refractivity contribution is 7.99. The SMILES string of the molecule is S=C(Nc1ccccc1)Nc1ccccc1Sc1ncnc2sc3c(c12)CCCC3. The van der Waals surface area contributed by atoms with Crippen molar-refractivity contribution in [2.45, 2.75) is 35.6 Å². The smallest absolute Gasteiger partial charge is 0.175 e. The zero-order valence-corrected chi connectivity index (χ0v) is 18.7. The molecule has 2 heterocycles. The Morgan fingerprint density at radius 1 is 0.933 bits per heavy atom. The summed E-state index contributed by atoms with van der Waals surface area (Å²) in [6.07, 6.45) is 6.49. The normalized spacial score (nSPS) is 13.1. The molecule has 0 aliphatic heterocycles. The summed E-state index contributed by atoms with van der Waals surface area (Å²) in [5, 5.41) is 9.40. The monoisotopic (exact) mass is 448 g/mol. The van der Waals surface area contributed by atoms with Gasteiger partial charge in [-0.1, -0.05) is 42.1 Å². The summed E-state index contributed by atoms with van der Waals surface area (Å²) >= 11 is 9.03. The Balaban J connectivity index is 1.42. The van der Waals surface area contributed by atoms with E-state index >= 15 is 0 Å². The van der Waals surface area contributed by atoms with E-state index in [1.54, 1.807) is 18.1 Å². The van der Waals surface area contributed by atoms with Crippen molar-refractivity contribution < 1.29 is 0 Å². The highest BCUT2D eigenvalue weighted by Gasteiger charge is 2.20.